The lowest BCUT2D eigenvalue weighted by molar-refractivity contribution is -0.167. The molecule has 0 aromatic heterocycles. The highest BCUT2D eigenvalue weighted by atomic mass is 19.4. The van der Waals surface area contributed by atoms with E-state index in [9.17, 15) is 27.6 Å². The zero-order chi connectivity index (χ0) is 24.1. The zero-order valence-electron chi connectivity index (χ0n) is 18.0. The summed E-state index contributed by atoms with van der Waals surface area (Å²) in [7, 11) is 0. The van der Waals surface area contributed by atoms with Gasteiger partial charge in [0.05, 0.1) is 11.3 Å². The van der Waals surface area contributed by atoms with Crippen molar-refractivity contribution in [2.75, 3.05) is 5.32 Å². The van der Waals surface area contributed by atoms with E-state index in [0.717, 1.165) is 0 Å². The van der Waals surface area contributed by atoms with Crippen molar-refractivity contribution < 1.29 is 37.4 Å². The lowest BCUT2D eigenvalue weighted by Gasteiger charge is -2.20. The number of carboxylic acid groups (broad SMARTS) is 1. The number of hydrogen-bond acceptors (Lipinski definition) is 4. The number of allylic oxidation sites excluding steroid dienone is 2. The molecule has 0 radical (unpaired) electrons. The van der Waals surface area contributed by atoms with Gasteiger partial charge in [0.1, 0.15) is 6.61 Å². The summed E-state index contributed by atoms with van der Waals surface area (Å²) in [6.07, 6.45) is -2.40. The van der Waals surface area contributed by atoms with Crippen LogP contribution in [-0.2, 0) is 33.8 Å². The van der Waals surface area contributed by atoms with Gasteiger partial charge in [-0.15, -0.1) is 5.92 Å². The van der Waals surface area contributed by atoms with Gasteiger partial charge >= 0.3 is 24.0 Å². The molecule has 1 aliphatic heterocycles. The lowest BCUT2D eigenvalue weighted by Crippen LogP contribution is -2.31. The molecule has 9 heteroatoms. The quantitative estimate of drug-likeness (QED) is 0.362. The number of hydrogen-bond donors (Lipinski definition) is 2. The zero-order valence-corrected chi connectivity index (χ0v) is 18.0. The minimum Gasteiger partial charge on any atom is -0.481 e. The molecule has 0 saturated carbocycles. The number of alkyl halides is 3. The van der Waals surface area contributed by atoms with Crippen LogP contribution in [0.15, 0.2) is 11.6 Å². The van der Waals surface area contributed by atoms with Gasteiger partial charge in [-0.1, -0.05) is 24.5 Å². The molecule has 2 rings (SSSR count). The predicted octanol–water partition coefficient (Wildman–Crippen LogP) is 4.48. The molecule has 0 atom stereocenters. The summed E-state index contributed by atoms with van der Waals surface area (Å²) in [4.78, 5) is 34.9. The van der Waals surface area contributed by atoms with Gasteiger partial charge in [0.15, 0.2) is 0 Å². The second kappa shape index (κ2) is 10.4. The van der Waals surface area contributed by atoms with Gasteiger partial charge in [-0.05, 0) is 43.4 Å². The Morgan fingerprint density at radius 1 is 1.22 bits per heavy atom. The Morgan fingerprint density at radius 3 is 2.50 bits per heavy atom. The van der Waals surface area contributed by atoms with Gasteiger partial charge in [-0.2, -0.15) is 13.2 Å². The molecule has 1 heterocycles. The Hall–Kier alpha value is -3.28. The van der Waals surface area contributed by atoms with Crippen molar-refractivity contribution >= 4 is 23.5 Å². The van der Waals surface area contributed by atoms with E-state index in [4.69, 9.17) is 9.84 Å². The molecule has 32 heavy (non-hydrogen) atoms. The average molecular weight is 451 g/mol. The first-order chi connectivity index (χ1) is 15.0. The minimum absolute atomic E-state index is 0.0844. The number of nitrogens with one attached hydrogen (secondary N) is 1. The predicted molar refractivity (Wildman–Crippen MR) is 111 cm³/mol. The van der Waals surface area contributed by atoms with Crippen LogP contribution in [0.25, 0.3) is 0 Å². The summed E-state index contributed by atoms with van der Waals surface area (Å²) in [5.41, 5.74) is 2.45. The first kappa shape index (κ1) is 25.0. The van der Waals surface area contributed by atoms with E-state index in [1.165, 1.54) is 0 Å². The van der Waals surface area contributed by atoms with Crippen molar-refractivity contribution in [1.82, 2.24) is 0 Å². The van der Waals surface area contributed by atoms with Crippen molar-refractivity contribution in [3.05, 3.63) is 39.5 Å². The molecular weight excluding hydrogens is 427 g/mol. The second-order valence-electron chi connectivity index (χ2n) is 7.37. The Labute approximate surface area is 183 Å². The number of aliphatic carboxylic acids is 1. The summed E-state index contributed by atoms with van der Waals surface area (Å²) in [6, 6.07) is 0. The Kier molecular flexibility index (Phi) is 8.08. The molecule has 2 N–H and O–H groups in total. The molecular formula is C23H24F3NO5. The highest BCUT2D eigenvalue weighted by molar-refractivity contribution is 6.06. The molecule has 0 spiro atoms. The highest BCUT2D eigenvalue weighted by Crippen LogP contribution is 2.38. The van der Waals surface area contributed by atoms with E-state index >= 15 is 0 Å². The summed E-state index contributed by atoms with van der Waals surface area (Å²) in [5.74, 6) is 1.91. The van der Waals surface area contributed by atoms with Crippen molar-refractivity contribution in [1.29, 1.82) is 0 Å². The SMILES string of the molecule is CCC#CCc1c(C)c2c(c(NC(=O)C(F)(F)F)c1CC=C(C)CCC(=O)O)C(=O)OC2. The standard InChI is InChI=1S/C23H24F3NO5/c1-4-5-6-7-15-14(3)17-12-32-21(30)19(17)20(27-22(31)23(24,25)26)16(15)10-8-13(2)9-11-18(28)29/h8H,4,7,9-12H2,1-3H3,(H,27,31)(H,28,29). The molecule has 1 aliphatic rings. The van der Waals surface area contributed by atoms with E-state index in [2.05, 4.69) is 11.8 Å². The maximum absolute atomic E-state index is 13.0. The third-order valence-corrected chi connectivity index (χ3v) is 5.13. The van der Waals surface area contributed by atoms with Crippen LogP contribution in [0.2, 0.25) is 0 Å². The number of esters is 1. The number of carbonyl (C=O) groups excluding carboxylic acids is 2. The van der Waals surface area contributed by atoms with E-state index < -0.39 is 24.0 Å². The number of rotatable bonds is 7. The fraction of sp³-hybridized carbons (Fsp3) is 0.435. The number of ether oxygens (including phenoxy) is 1. The van der Waals surface area contributed by atoms with Crippen LogP contribution in [0.5, 0.6) is 0 Å². The molecule has 0 fully saturated rings. The van der Waals surface area contributed by atoms with Crippen LogP contribution in [-0.4, -0.2) is 29.1 Å². The Morgan fingerprint density at radius 2 is 1.91 bits per heavy atom. The molecule has 0 unspecified atom stereocenters. The van der Waals surface area contributed by atoms with Crippen molar-refractivity contribution in [3.8, 4) is 11.8 Å². The largest absolute Gasteiger partial charge is 0.481 e. The van der Waals surface area contributed by atoms with Crippen molar-refractivity contribution in [2.24, 2.45) is 0 Å². The van der Waals surface area contributed by atoms with Gasteiger partial charge in [0.2, 0.25) is 0 Å². The van der Waals surface area contributed by atoms with E-state index in [0.29, 0.717) is 34.2 Å². The minimum atomic E-state index is -5.15. The number of anilines is 1. The number of amides is 1. The Balaban J connectivity index is 2.66. The van der Waals surface area contributed by atoms with E-state index in [1.54, 1.807) is 19.9 Å². The number of halogens is 3. The third kappa shape index (κ3) is 5.90. The number of fused-ring (bicyclic) bond motifs is 1. The summed E-state index contributed by atoms with van der Waals surface area (Å²) < 4.78 is 44.1. The van der Waals surface area contributed by atoms with Crippen molar-refractivity contribution in [2.45, 2.75) is 65.7 Å². The average Bonchev–Trinajstić information content (AvgIpc) is 3.09. The molecule has 0 aliphatic carbocycles. The van der Waals surface area contributed by atoms with Crippen LogP contribution in [0, 0.1) is 18.8 Å². The smallest absolute Gasteiger partial charge is 0.471 e. The first-order valence-corrected chi connectivity index (χ1v) is 10.0. The van der Waals surface area contributed by atoms with Crippen LogP contribution in [0.4, 0.5) is 18.9 Å². The fourth-order valence-corrected chi connectivity index (χ4v) is 3.41. The Bertz CT molecular complexity index is 1030. The summed E-state index contributed by atoms with van der Waals surface area (Å²) >= 11 is 0. The van der Waals surface area contributed by atoms with E-state index in [1.807, 2.05) is 12.2 Å². The topological polar surface area (TPSA) is 92.7 Å². The maximum atomic E-state index is 13.0. The molecule has 1 amide bonds. The molecule has 1 aromatic carbocycles. The van der Waals surface area contributed by atoms with Gasteiger partial charge < -0.3 is 15.2 Å². The number of benzene rings is 1. The molecule has 0 saturated heterocycles. The van der Waals surface area contributed by atoms with Crippen LogP contribution in [0.3, 0.4) is 0 Å². The normalized spacial score (nSPS) is 13.2. The summed E-state index contributed by atoms with van der Waals surface area (Å²) in [6.45, 7) is 5.21. The van der Waals surface area contributed by atoms with Crippen LogP contribution in [0.1, 0.15) is 65.7 Å². The van der Waals surface area contributed by atoms with Gasteiger partial charge in [-0.25, -0.2) is 4.79 Å². The first-order valence-electron chi connectivity index (χ1n) is 10.0. The van der Waals surface area contributed by atoms with E-state index in [-0.39, 0.29) is 43.5 Å². The van der Waals surface area contributed by atoms with Crippen molar-refractivity contribution in [3.63, 3.8) is 0 Å². The van der Waals surface area contributed by atoms with Gasteiger partial charge in [-0.3, -0.25) is 9.59 Å². The third-order valence-electron chi connectivity index (χ3n) is 5.13. The lowest BCUT2D eigenvalue weighted by atomic mass is 9.87. The monoisotopic (exact) mass is 451 g/mol. The van der Waals surface area contributed by atoms with Crippen LogP contribution < -0.4 is 5.32 Å². The molecule has 172 valence electrons. The molecule has 6 nitrogen and oxygen atoms in total. The highest BCUT2D eigenvalue weighted by Gasteiger charge is 2.41. The van der Waals surface area contributed by atoms with Crippen LogP contribution >= 0.6 is 0 Å². The molecule has 0 bridgehead atoms. The number of carbonyl (C=O) groups is 3. The second-order valence-corrected chi connectivity index (χ2v) is 7.37. The number of cyclic esters (lactones) is 1. The molecule has 1 aromatic rings. The maximum Gasteiger partial charge on any atom is 0.471 e. The van der Waals surface area contributed by atoms with Gasteiger partial charge in [0.25, 0.3) is 0 Å². The number of carboxylic acids is 1. The fourth-order valence-electron chi connectivity index (χ4n) is 3.41. The summed E-state index contributed by atoms with van der Waals surface area (Å²) in [5, 5.41) is 10.7. The van der Waals surface area contributed by atoms with Gasteiger partial charge in [0, 0.05) is 24.8 Å².